The molecule has 246 valence electrons. The summed E-state index contributed by atoms with van der Waals surface area (Å²) in [5.74, 6) is 0.698. The number of nitrogens with zero attached hydrogens (tertiary/aromatic N) is 3. The van der Waals surface area contributed by atoms with Gasteiger partial charge in [-0.2, -0.15) is 0 Å². The smallest absolute Gasteiger partial charge is 0.160 e. The Morgan fingerprint density at radius 3 is 1.81 bits per heavy atom. The molecule has 7 aromatic carbocycles. The lowest BCUT2D eigenvalue weighted by Gasteiger charge is -2.22. The summed E-state index contributed by atoms with van der Waals surface area (Å²) in [6, 6.07) is 62.7. The van der Waals surface area contributed by atoms with Crippen molar-refractivity contribution in [3.8, 4) is 61.8 Å². The molecule has 1 aliphatic rings. The normalized spacial score (nSPS) is 13.0. The summed E-state index contributed by atoms with van der Waals surface area (Å²) >= 11 is 0. The van der Waals surface area contributed by atoms with E-state index in [4.69, 9.17) is 9.97 Å². The van der Waals surface area contributed by atoms with Crippen molar-refractivity contribution in [1.29, 1.82) is 0 Å². The van der Waals surface area contributed by atoms with E-state index in [-0.39, 0.29) is 5.41 Å². The van der Waals surface area contributed by atoms with Crippen molar-refractivity contribution in [2.75, 3.05) is 0 Å². The molecule has 0 radical (unpaired) electrons. The highest BCUT2D eigenvalue weighted by Crippen LogP contribution is 2.53. The van der Waals surface area contributed by atoms with Crippen LogP contribution in [0.2, 0.25) is 0 Å². The van der Waals surface area contributed by atoms with Gasteiger partial charge in [0, 0.05) is 38.6 Å². The van der Waals surface area contributed by atoms with Crippen LogP contribution in [-0.4, -0.2) is 14.5 Å². The van der Waals surface area contributed by atoms with E-state index in [0.717, 1.165) is 33.8 Å². The Morgan fingerprint density at radius 1 is 0.442 bits per heavy atom. The fraction of sp³-hybridized carbons (Fsp3) is 0.0612. The van der Waals surface area contributed by atoms with Gasteiger partial charge in [0.25, 0.3) is 0 Å². The van der Waals surface area contributed by atoms with E-state index in [1.807, 2.05) is 12.1 Å². The first-order chi connectivity index (χ1) is 25.5. The Labute approximate surface area is 303 Å². The van der Waals surface area contributed by atoms with Crippen LogP contribution in [-0.2, 0) is 5.41 Å². The summed E-state index contributed by atoms with van der Waals surface area (Å²) in [5, 5.41) is 2.59. The van der Waals surface area contributed by atoms with Gasteiger partial charge in [0.2, 0.25) is 0 Å². The number of hydrogen-bond donors (Lipinski definition) is 0. The zero-order valence-corrected chi connectivity index (χ0v) is 29.1. The molecule has 0 N–H and O–H groups in total. The maximum Gasteiger partial charge on any atom is 0.160 e. The number of para-hydroxylation sites is 1. The van der Waals surface area contributed by atoms with Crippen LogP contribution in [0.1, 0.15) is 25.0 Å². The number of rotatable bonds is 5. The van der Waals surface area contributed by atoms with Crippen LogP contribution in [0, 0.1) is 0 Å². The zero-order chi connectivity index (χ0) is 34.8. The summed E-state index contributed by atoms with van der Waals surface area (Å²) in [4.78, 5) is 10.4. The Balaban J connectivity index is 1.14. The molecule has 0 fully saturated rings. The summed E-state index contributed by atoms with van der Waals surface area (Å²) in [6.07, 6.45) is 0. The molecule has 0 amide bonds. The van der Waals surface area contributed by atoms with E-state index < -0.39 is 0 Å². The molecule has 0 atom stereocenters. The molecule has 0 bridgehead atoms. The van der Waals surface area contributed by atoms with Crippen molar-refractivity contribution in [3.63, 3.8) is 0 Å². The molecule has 0 unspecified atom stereocenters. The molecule has 3 nitrogen and oxygen atoms in total. The highest BCUT2D eigenvalue weighted by atomic mass is 15.0. The molecule has 0 spiro atoms. The summed E-state index contributed by atoms with van der Waals surface area (Å²) < 4.78 is 2.41. The largest absolute Gasteiger partial charge is 0.309 e. The van der Waals surface area contributed by atoms with Crippen molar-refractivity contribution >= 4 is 21.8 Å². The van der Waals surface area contributed by atoms with E-state index in [1.165, 1.54) is 55.2 Å². The van der Waals surface area contributed by atoms with E-state index in [2.05, 4.69) is 182 Å². The van der Waals surface area contributed by atoms with E-state index >= 15 is 0 Å². The minimum atomic E-state index is -0.121. The molecule has 0 saturated carbocycles. The molecule has 2 aromatic heterocycles. The molecule has 10 rings (SSSR count). The van der Waals surface area contributed by atoms with Crippen molar-refractivity contribution < 1.29 is 0 Å². The minimum absolute atomic E-state index is 0.121. The second kappa shape index (κ2) is 11.8. The van der Waals surface area contributed by atoms with Gasteiger partial charge in [-0.25, -0.2) is 9.97 Å². The molecule has 0 aliphatic heterocycles. The Bertz CT molecular complexity index is 2790. The van der Waals surface area contributed by atoms with Crippen LogP contribution < -0.4 is 0 Å². The topological polar surface area (TPSA) is 30.7 Å². The average Bonchev–Trinajstić information content (AvgIpc) is 3.67. The zero-order valence-electron chi connectivity index (χ0n) is 29.1. The van der Waals surface area contributed by atoms with E-state index in [0.29, 0.717) is 5.82 Å². The van der Waals surface area contributed by atoms with Crippen molar-refractivity contribution in [1.82, 2.24) is 14.5 Å². The molecular weight excluding hydrogens is 631 g/mol. The van der Waals surface area contributed by atoms with Crippen LogP contribution in [0.3, 0.4) is 0 Å². The molecule has 0 saturated heterocycles. The van der Waals surface area contributed by atoms with Gasteiger partial charge in [0.05, 0.1) is 22.4 Å². The van der Waals surface area contributed by atoms with Crippen LogP contribution in [0.5, 0.6) is 0 Å². The predicted molar refractivity (Wildman–Crippen MR) is 216 cm³/mol. The number of benzene rings is 7. The van der Waals surface area contributed by atoms with Gasteiger partial charge in [0.1, 0.15) is 0 Å². The maximum atomic E-state index is 5.22. The SMILES string of the molecule is CC1(C)c2ccccc2-c2ccc3c(c21)c1ccccc1n3-c1cccc(-c2nc(-c3ccccc3)cc(-c3ccc(-c4ccccc4)cc3)n2)c1. The number of fused-ring (bicyclic) bond motifs is 7. The summed E-state index contributed by atoms with van der Waals surface area (Å²) in [6.45, 7) is 4.74. The van der Waals surface area contributed by atoms with Crippen molar-refractivity contribution in [2.24, 2.45) is 0 Å². The third-order valence-electron chi connectivity index (χ3n) is 10.8. The molecule has 3 heteroatoms. The fourth-order valence-corrected chi connectivity index (χ4v) is 8.34. The van der Waals surface area contributed by atoms with Crippen LogP contribution in [0.15, 0.2) is 176 Å². The Morgan fingerprint density at radius 2 is 1.04 bits per heavy atom. The third kappa shape index (κ3) is 4.74. The number of aromatic nitrogens is 3. The van der Waals surface area contributed by atoms with Gasteiger partial charge < -0.3 is 4.57 Å². The first-order valence-electron chi connectivity index (χ1n) is 17.9. The monoisotopic (exact) mass is 665 g/mol. The first-order valence-corrected chi connectivity index (χ1v) is 17.9. The van der Waals surface area contributed by atoms with Crippen LogP contribution in [0.4, 0.5) is 0 Å². The molecule has 1 aliphatic carbocycles. The lowest BCUT2D eigenvalue weighted by molar-refractivity contribution is 0.666. The number of hydrogen-bond acceptors (Lipinski definition) is 2. The van der Waals surface area contributed by atoms with Gasteiger partial charge in [-0.3, -0.25) is 0 Å². The first kappa shape index (κ1) is 30.3. The summed E-state index contributed by atoms with van der Waals surface area (Å²) in [7, 11) is 0. The fourth-order valence-electron chi connectivity index (χ4n) is 8.34. The van der Waals surface area contributed by atoms with Gasteiger partial charge >= 0.3 is 0 Å². The van der Waals surface area contributed by atoms with Gasteiger partial charge in [-0.05, 0) is 63.7 Å². The van der Waals surface area contributed by atoms with Crippen LogP contribution in [0.25, 0.3) is 83.6 Å². The molecule has 52 heavy (non-hydrogen) atoms. The predicted octanol–water partition coefficient (Wildman–Crippen LogP) is 12.5. The van der Waals surface area contributed by atoms with Gasteiger partial charge in [0.15, 0.2) is 5.82 Å². The highest BCUT2D eigenvalue weighted by molar-refractivity contribution is 6.14. The van der Waals surface area contributed by atoms with Crippen molar-refractivity contribution in [2.45, 2.75) is 19.3 Å². The lowest BCUT2D eigenvalue weighted by Crippen LogP contribution is -2.15. The highest BCUT2D eigenvalue weighted by Gasteiger charge is 2.38. The third-order valence-corrected chi connectivity index (χ3v) is 10.8. The van der Waals surface area contributed by atoms with Crippen LogP contribution >= 0.6 is 0 Å². The standard InChI is InChI=1S/C49H35N3/c1-49(2)41-22-11-9-20-38(41)39-28-29-45-46(47(39)49)40-21-10-12-23-44(40)52(45)37-19-13-18-36(30-37)48-50-42(34-16-7-4-8-17-34)31-43(51-48)35-26-24-33(25-27-35)32-14-5-3-6-15-32/h3-31H,1-2H3. The average molecular weight is 666 g/mol. The quantitative estimate of drug-likeness (QED) is 0.183. The lowest BCUT2D eigenvalue weighted by atomic mass is 9.80. The Hall–Kier alpha value is -6.58. The van der Waals surface area contributed by atoms with E-state index in [9.17, 15) is 0 Å². The second-order valence-electron chi connectivity index (χ2n) is 14.2. The van der Waals surface area contributed by atoms with Gasteiger partial charge in [-0.15, -0.1) is 0 Å². The molecule has 2 heterocycles. The van der Waals surface area contributed by atoms with E-state index in [1.54, 1.807) is 0 Å². The Kier molecular flexibility index (Phi) is 6.84. The summed E-state index contributed by atoms with van der Waals surface area (Å²) in [5.41, 5.74) is 16.1. The molecule has 9 aromatic rings. The minimum Gasteiger partial charge on any atom is -0.309 e. The van der Waals surface area contributed by atoms with Crippen molar-refractivity contribution in [3.05, 3.63) is 187 Å². The van der Waals surface area contributed by atoms with Gasteiger partial charge in [-0.1, -0.05) is 159 Å². The second-order valence-corrected chi connectivity index (χ2v) is 14.2. The maximum absolute atomic E-state index is 5.22. The molecular formula is C49H35N3.